The zero-order chi connectivity index (χ0) is 22.7. The van der Waals surface area contributed by atoms with E-state index in [1.54, 1.807) is 31.5 Å². The number of anilines is 1. The van der Waals surface area contributed by atoms with Crippen molar-refractivity contribution in [1.82, 2.24) is 10.3 Å². The molecule has 8 heteroatoms. The zero-order valence-corrected chi connectivity index (χ0v) is 17.7. The van der Waals surface area contributed by atoms with Crippen molar-refractivity contribution < 1.29 is 23.5 Å². The fraction of sp³-hybridized carbons (Fsp3) is 0.208. The van der Waals surface area contributed by atoms with Crippen LogP contribution in [0.5, 0.6) is 11.5 Å². The van der Waals surface area contributed by atoms with Crippen LogP contribution in [0.3, 0.4) is 0 Å². The monoisotopic (exact) mass is 435 g/mol. The number of halogens is 1. The summed E-state index contributed by atoms with van der Waals surface area (Å²) in [4.78, 5) is 31.7. The second-order valence-electron chi connectivity index (χ2n) is 7.24. The first-order valence-corrected chi connectivity index (χ1v) is 10.0. The Bertz CT molecular complexity index is 1150. The van der Waals surface area contributed by atoms with Crippen molar-refractivity contribution in [3.8, 4) is 11.5 Å². The third-order valence-corrected chi connectivity index (χ3v) is 5.36. The molecule has 2 heterocycles. The molecule has 7 nitrogen and oxygen atoms in total. The maximum absolute atomic E-state index is 13.4. The maximum atomic E-state index is 13.4. The molecule has 0 saturated heterocycles. The van der Waals surface area contributed by atoms with Crippen molar-refractivity contribution in [2.24, 2.45) is 0 Å². The van der Waals surface area contributed by atoms with E-state index in [0.29, 0.717) is 28.4 Å². The summed E-state index contributed by atoms with van der Waals surface area (Å²) in [7, 11) is 3.09. The van der Waals surface area contributed by atoms with E-state index >= 15 is 0 Å². The number of amides is 2. The highest BCUT2D eigenvalue weighted by Crippen LogP contribution is 2.38. The van der Waals surface area contributed by atoms with Crippen LogP contribution < -0.4 is 19.7 Å². The Kier molecular flexibility index (Phi) is 6.02. The summed E-state index contributed by atoms with van der Waals surface area (Å²) in [5.41, 5.74) is 2.22. The van der Waals surface area contributed by atoms with Gasteiger partial charge in [0.1, 0.15) is 5.82 Å². The van der Waals surface area contributed by atoms with Crippen molar-refractivity contribution in [2.75, 3.05) is 19.1 Å². The molecule has 1 aliphatic rings. The van der Waals surface area contributed by atoms with Crippen LogP contribution >= 0.6 is 0 Å². The highest BCUT2D eigenvalue weighted by atomic mass is 19.1. The number of hydrogen-bond acceptors (Lipinski definition) is 5. The molecule has 1 atom stereocenters. The van der Waals surface area contributed by atoms with E-state index in [4.69, 9.17) is 9.47 Å². The molecule has 0 aliphatic carbocycles. The average molecular weight is 435 g/mol. The number of carbonyl (C=O) groups is 2. The molecule has 2 aromatic carbocycles. The first-order valence-electron chi connectivity index (χ1n) is 10.0. The summed E-state index contributed by atoms with van der Waals surface area (Å²) in [6, 6.07) is 13.8. The van der Waals surface area contributed by atoms with E-state index in [1.165, 1.54) is 36.3 Å². The van der Waals surface area contributed by atoms with Gasteiger partial charge in [0.15, 0.2) is 11.5 Å². The van der Waals surface area contributed by atoms with Crippen LogP contribution in [0.1, 0.15) is 34.1 Å². The molecule has 1 N–H and O–H groups in total. The molecule has 0 fully saturated rings. The van der Waals surface area contributed by atoms with Gasteiger partial charge < -0.3 is 14.8 Å². The summed E-state index contributed by atoms with van der Waals surface area (Å²) >= 11 is 0. The Morgan fingerprint density at radius 1 is 1.09 bits per heavy atom. The van der Waals surface area contributed by atoms with Crippen molar-refractivity contribution in [3.63, 3.8) is 0 Å². The van der Waals surface area contributed by atoms with Crippen LogP contribution in [-0.2, 0) is 11.3 Å². The van der Waals surface area contributed by atoms with Crippen molar-refractivity contribution in [1.29, 1.82) is 0 Å². The van der Waals surface area contributed by atoms with Crippen molar-refractivity contribution in [2.45, 2.75) is 19.0 Å². The summed E-state index contributed by atoms with van der Waals surface area (Å²) in [6.45, 7) is 0.228. The number of ether oxygens (including phenoxy) is 2. The zero-order valence-electron chi connectivity index (χ0n) is 17.7. The number of para-hydroxylation sites is 1. The Labute approximate surface area is 184 Å². The Morgan fingerprint density at radius 2 is 1.88 bits per heavy atom. The maximum Gasteiger partial charge on any atom is 0.260 e. The SMILES string of the molecule is COc1cccc(CNC(=O)C[C@H]2c3ncccc3C(=O)N2c2ccc(F)cc2)c1OC. The van der Waals surface area contributed by atoms with E-state index in [1.807, 2.05) is 12.1 Å². The van der Waals surface area contributed by atoms with Crippen molar-refractivity contribution >= 4 is 17.5 Å². The molecule has 164 valence electrons. The summed E-state index contributed by atoms with van der Waals surface area (Å²) in [5, 5.41) is 2.88. The van der Waals surface area contributed by atoms with Gasteiger partial charge >= 0.3 is 0 Å². The number of fused-ring (bicyclic) bond motifs is 1. The number of nitrogens with one attached hydrogen (secondary N) is 1. The molecule has 4 rings (SSSR count). The Balaban J connectivity index is 1.55. The largest absolute Gasteiger partial charge is 0.493 e. The summed E-state index contributed by atoms with van der Waals surface area (Å²) in [5.74, 6) is 0.176. The molecular formula is C24H22FN3O4. The molecule has 0 bridgehead atoms. The lowest BCUT2D eigenvalue weighted by Gasteiger charge is -2.24. The van der Waals surface area contributed by atoms with Gasteiger partial charge in [-0.25, -0.2) is 4.39 Å². The molecule has 3 aromatic rings. The lowest BCUT2D eigenvalue weighted by Crippen LogP contribution is -2.33. The number of rotatable bonds is 7. The minimum atomic E-state index is -0.601. The lowest BCUT2D eigenvalue weighted by molar-refractivity contribution is -0.121. The topological polar surface area (TPSA) is 80.8 Å². The molecule has 32 heavy (non-hydrogen) atoms. The minimum absolute atomic E-state index is 0.000582. The molecule has 0 saturated carbocycles. The predicted octanol–water partition coefficient (Wildman–Crippen LogP) is 3.65. The number of hydrogen-bond donors (Lipinski definition) is 1. The van der Waals surface area contributed by atoms with Crippen LogP contribution in [0.25, 0.3) is 0 Å². The third-order valence-electron chi connectivity index (χ3n) is 5.36. The molecule has 2 amide bonds. The smallest absolute Gasteiger partial charge is 0.260 e. The van der Waals surface area contributed by atoms with Gasteiger partial charge in [0, 0.05) is 24.0 Å². The third kappa shape index (κ3) is 3.99. The van der Waals surface area contributed by atoms with E-state index in [0.717, 1.165) is 5.56 Å². The van der Waals surface area contributed by atoms with Crippen LogP contribution in [0, 0.1) is 5.82 Å². The number of pyridine rings is 1. The van der Waals surface area contributed by atoms with Gasteiger partial charge in [0.05, 0.1) is 37.9 Å². The van der Waals surface area contributed by atoms with Crippen molar-refractivity contribution in [3.05, 3.63) is 83.4 Å². The van der Waals surface area contributed by atoms with E-state index < -0.39 is 11.9 Å². The average Bonchev–Trinajstić information content (AvgIpc) is 3.09. The summed E-state index contributed by atoms with van der Waals surface area (Å²) < 4.78 is 24.1. The van der Waals surface area contributed by atoms with Crippen LogP contribution in [0.4, 0.5) is 10.1 Å². The Morgan fingerprint density at radius 3 is 2.59 bits per heavy atom. The molecule has 1 aromatic heterocycles. The standard InChI is InChI=1S/C24H22FN3O4/c1-31-20-7-3-5-15(23(20)32-2)14-27-21(29)13-19-22-18(6-4-12-26-22)24(30)28(19)17-10-8-16(25)9-11-17/h3-12,19H,13-14H2,1-2H3,(H,27,29)/t19-/m0/s1. The lowest BCUT2D eigenvalue weighted by atomic mass is 10.1. The quantitative estimate of drug-likeness (QED) is 0.613. The highest BCUT2D eigenvalue weighted by molar-refractivity contribution is 6.11. The molecule has 0 radical (unpaired) electrons. The normalized spacial score (nSPS) is 14.8. The molecule has 0 unspecified atom stereocenters. The molecule has 0 spiro atoms. The fourth-order valence-electron chi connectivity index (χ4n) is 3.88. The first kappa shape index (κ1) is 21.3. The van der Waals surface area contributed by atoms with Gasteiger partial charge in [0.2, 0.25) is 5.91 Å². The van der Waals surface area contributed by atoms with Crippen LogP contribution in [-0.4, -0.2) is 31.0 Å². The highest BCUT2D eigenvalue weighted by Gasteiger charge is 2.39. The Hall–Kier alpha value is -3.94. The molecule has 1 aliphatic heterocycles. The van der Waals surface area contributed by atoms with E-state index in [-0.39, 0.29) is 24.8 Å². The van der Waals surface area contributed by atoms with Gasteiger partial charge in [-0.1, -0.05) is 12.1 Å². The van der Waals surface area contributed by atoms with Gasteiger partial charge in [-0.3, -0.25) is 19.5 Å². The van der Waals surface area contributed by atoms with Crippen LogP contribution in [0.15, 0.2) is 60.8 Å². The molecular weight excluding hydrogens is 413 g/mol. The van der Waals surface area contributed by atoms with E-state index in [9.17, 15) is 14.0 Å². The first-order chi connectivity index (χ1) is 15.5. The second kappa shape index (κ2) is 9.05. The van der Waals surface area contributed by atoms with Gasteiger partial charge in [-0.2, -0.15) is 0 Å². The number of nitrogens with zero attached hydrogens (tertiary/aromatic N) is 2. The number of carbonyl (C=O) groups excluding carboxylic acids is 2. The fourth-order valence-corrected chi connectivity index (χ4v) is 3.88. The van der Waals surface area contributed by atoms with Gasteiger partial charge in [0.25, 0.3) is 5.91 Å². The van der Waals surface area contributed by atoms with E-state index in [2.05, 4.69) is 10.3 Å². The number of benzene rings is 2. The predicted molar refractivity (Wildman–Crippen MR) is 116 cm³/mol. The number of methoxy groups -OCH3 is 2. The second-order valence-corrected chi connectivity index (χ2v) is 7.24. The van der Waals surface area contributed by atoms with Crippen LogP contribution in [0.2, 0.25) is 0 Å². The van der Waals surface area contributed by atoms with Gasteiger partial charge in [-0.15, -0.1) is 0 Å². The summed E-state index contributed by atoms with van der Waals surface area (Å²) in [6.07, 6.45) is 1.59. The van der Waals surface area contributed by atoms with Gasteiger partial charge in [-0.05, 0) is 42.5 Å². The minimum Gasteiger partial charge on any atom is -0.493 e. The number of aromatic nitrogens is 1.